The summed E-state index contributed by atoms with van der Waals surface area (Å²) in [4.78, 5) is 65.6. The molecule has 5 aliphatic rings. The van der Waals surface area contributed by atoms with Gasteiger partial charge in [0.05, 0.1) is 24.8 Å². The first kappa shape index (κ1) is 44.1. The molecule has 3 aliphatic carbocycles. The number of nitrogens with one attached hydrogen (secondary N) is 1. The minimum absolute atomic E-state index is 0.00807. The number of carboxylic acid groups (broad SMARTS) is 1. The lowest BCUT2D eigenvalue weighted by Gasteiger charge is -2.64. The number of carbonyl (C=O) groups is 5. The van der Waals surface area contributed by atoms with E-state index in [9.17, 15) is 29.1 Å². The number of likely N-dealkylation sites (tertiary alicyclic amines) is 1. The molecule has 3 saturated carbocycles. The fraction of sp³-hybridized carbons (Fsp3) is 0.732. The number of amides is 2. The highest BCUT2D eigenvalue weighted by molar-refractivity contribution is 6.45. The van der Waals surface area contributed by atoms with Gasteiger partial charge in [-0.3, -0.25) is 4.79 Å². The van der Waals surface area contributed by atoms with E-state index in [1.165, 1.54) is 4.90 Å². The standard InChI is InChI=1S/C41H61BN2O13/c1-37(2,3)53-34(48)31-27(51-25-21-44(22-25)30(45)16-14-26(33(46)47)43-35(49)54-38(4,5)6)15-13-23(32(31)52-36(50)55-39(7,8)9)17-18-42-56-29-20-24-19-28(40(24,10)11)41(29,12)57-42/h13,15,24-26,28-29H,14,16-22H2,1-12H3,(H,43,49)(H,46,47)/t24-,26+,28-,29+,41-/m0/s1. The van der Waals surface area contributed by atoms with Crippen LogP contribution in [0.3, 0.4) is 0 Å². The second-order valence-electron chi connectivity index (χ2n) is 19.5. The summed E-state index contributed by atoms with van der Waals surface area (Å²) in [5, 5.41) is 11.9. The lowest BCUT2D eigenvalue weighted by molar-refractivity contribution is -0.199. The molecule has 2 amide bonds. The summed E-state index contributed by atoms with van der Waals surface area (Å²) in [5.74, 6) is -1.40. The zero-order valence-corrected chi connectivity index (χ0v) is 35.6. The Bertz CT molecular complexity index is 1720. The topological polar surface area (TPSA) is 185 Å². The predicted octanol–water partition coefficient (Wildman–Crippen LogP) is 6.57. The van der Waals surface area contributed by atoms with E-state index in [1.807, 2.05) is 0 Å². The van der Waals surface area contributed by atoms with Crippen molar-refractivity contribution in [1.82, 2.24) is 10.2 Å². The zero-order chi connectivity index (χ0) is 42.5. The van der Waals surface area contributed by atoms with Crippen molar-refractivity contribution in [3.05, 3.63) is 23.3 Å². The van der Waals surface area contributed by atoms with Crippen LogP contribution in [0.25, 0.3) is 0 Å². The molecule has 316 valence electrons. The number of hydrogen-bond acceptors (Lipinski definition) is 12. The molecule has 2 aliphatic heterocycles. The number of nitrogens with zero attached hydrogens (tertiary/aromatic N) is 1. The van der Waals surface area contributed by atoms with Crippen molar-refractivity contribution in [1.29, 1.82) is 0 Å². The molecule has 15 nitrogen and oxygen atoms in total. The van der Waals surface area contributed by atoms with E-state index in [0.29, 0.717) is 30.1 Å². The van der Waals surface area contributed by atoms with Crippen LogP contribution < -0.4 is 14.8 Å². The Morgan fingerprint density at radius 1 is 0.930 bits per heavy atom. The lowest BCUT2D eigenvalue weighted by Crippen LogP contribution is -2.65. The van der Waals surface area contributed by atoms with Gasteiger partial charge in [-0.05, 0) is 130 Å². The van der Waals surface area contributed by atoms with Crippen molar-refractivity contribution in [2.45, 2.75) is 162 Å². The molecule has 2 heterocycles. The lowest BCUT2D eigenvalue weighted by atomic mass is 9.43. The van der Waals surface area contributed by atoms with Gasteiger partial charge in [0.25, 0.3) is 0 Å². The monoisotopic (exact) mass is 800 g/mol. The molecule has 5 atom stereocenters. The van der Waals surface area contributed by atoms with Crippen LogP contribution in [0.1, 0.15) is 125 Å². The van der Waals surface area contributed by atoms with Gasteiger partial charge in [0.1, 0.15) is 40.3 Å². The highest BCUT2D eigenvalue weighted by Crippen LogP contribution is 2.65. The summed E-state index contributed by atoms with van der Waals surface area (Å²) >= 11 is 0. The first-order chi connectivity index (χ1) is 26.1. The SMILES string of the molecule is CC(C)(C)OC(=O)N[C@H](CCC(=O)N1CC(Oc2ccc(CCB3O[C@@H]4C[C@@H]5C[C@@H](C5(C)C)[C@]4(C)O3)c(OC(=O)OC(C)(C)C)c2C(=O)OC(C)(C)C)C1)C(=O)O. The normalized spacial score (nSPS) is 24.6. The molecule has 2 bridgehead atoms. The number of hydrogen-bond donors (Lipinski definition) is 2. The zero-order valence-electron chi connectivity index (χ0n) is 35.6. The van der Waals surface area contributed by atoms with E-state index >= 15 is 0 Å². The Balaban J connectivity index is 1.32. The van der Waals surface area contributed by atoms with Crippen molar-refractivity contribution < 1.29 is 62.1 Å². The van der Waals surface area contributed by atoms with Gasteiger partial charge >= 0.3 is 31.3 Å². The van der Waals surface area contributed by atoms with Gasteiger partial charge in [-0.25, -0.2) is 19.2 Å². The van der Waals surface area contributed by atoms with Crippen LogP contribution in [-0.4, -0.2) is 101 Å². The predicted molar refractivity (Wildman–Crippen MR) is 208 cm³/mol. The van der Waals surface area contributed by atoms with Crippen LogP contribution >= 0.6 is 0 Å². The van der Waals surface area contributed by atoms with E-state index < -0.39 is 65.9 Å². The molecule has 0 spiro atoms. The fourth-order valence-corrected chi connectivity index (χ4v) is 8.27. The number of benzene rings is 1. The quantitative estimate of drug-likeness (QED) is 0.100. The van der Waals surface area contributed by atoms with Crippen LogP contribution in [-0.2, 0) is 39.5 Å². The Kier molecular flexibility index (Phi) is 12.3. The maximum Gasteiger partial charge on any atom is 0.514 e. The Morgan fingerprint density at radius 3 is 2.14 bits per heavy atom. The molecular weight excluding hydrogens is 739 g/mol. The molecule has 1 aromatic carbocycles. The molecule has 0 unspecified atom stereocenters. The second-order valence-corrected chi connectivity index (χ2v) is 19.5. The van der Waals surface area contributed by atoms with Gasteiger partial charge in [0.2, 0.25) is 5.91 Å². The smallest absolute Gasteiger partial charge is 0.486 e. The molecule has 16 heteroatoms. The first-order valence-corrected chi connectivity index (χ1v) is 20.0. The maximum absolute atomic E-state index is 14.0. The minimum Gasteiger partial charge on any atom is -0.486 e. The molecule has 57 heavy (non-hydrogen) atoms. The van der Waals surface area contributed by atoms with Crippen molar-refractivity contribution in [2.75, 3.05) is 13.1 Å². The third-order valence-electron chi connectivity index (χ3n) is 11.2. The molecule has 1 aromatic rings. The van der Waals surface area contributed by atoms with E-state index in [0.717, 1.165) is 12.8 Å². The number of esters is 1. The largest absolute Gasteiger partial charge is 0.514 e. The van der Waals surface area contributed by atoms with Gasteiger partial charge in [0.15, 0.2) is 5.75 Å². The van der Waals surface area contributed by atoms with Crippen LogP contribution in [0.15, 0.2) is 12.1 Å². The van der Waals surface area contributed by atoms with Crippen molar-refractivity contribution in [3.63, 3.8) is 0 Å². The van der Waals surface area contributed by atoms with E-state index in [-0.39, 0.29) is 60.4 Å². The number of aryl methyl sites for hydroxylation is 1. The Morgan fingerprint density at radius 2 is 1.56 bits per heavy atom. The molecule has 2 N–H and O–H groups in total. The number of rotatable bonds is 12. The number of alkyl carbamates (subject to hydrolysis) is 1. The summed E-state index contributed by atoms with van der Waals surface area (Å²) in [7, 11) is -0.497. The maximum atomic E-state index is 14.0. The van der Waals surface area contributed by atoms with Crippen LogP contribution in [0.4, 0.5) is 9.59 Å². The second kappa shape index (κ2) is 16.0. The average molecular weight is 801 g/mol. The summed E-state index contributed by atoms with van der Waals surface area (Å²) < 4.78 is 41.7. The molecule has 0 aromatic heterocycles. The summed E-state index contributed by atoms with van der Waals surface area (Å²) in [6.07, 6.45) is 0.0435. The summed E-state index contributed by atoms with van der Waals surface area (Å²) in [5.41, 5.74) is -2.42. The van der Waals surface area contributed by atoms with Crippen molar-refractivity contribution >= 4 is 37.2 Å². The number of carboxylic acids is 1. The Hall–Kier alpha value is -4.05. The van der Waals surface area contributed by atoms with E-state index in [4.69, 9.17) is 33.0 Å². The highest BCUT2D eigenvalue weighted by Gasteiger charge is 2.67. The Labute approximate surface area is 336 Å². The van der Waals surface area contributed by atoms with Crippen LogP contribution in [0, 0.1) is 17.3 Å². The third-order valence-corrected chi connectivity index (χ3v) is 11.2. The number of carbonyl (C=O) groups excluding carboxylic acids is 4. The molecule has 5 fully saturated rings. The average Bonchev–Trinajstić information content (AvgIpc) is 3.37. The van der Waals surface area contributed by atoms with Gasteiger partial charge in [0, 0.05) is 6.42 Å². The molecule has 0 radical (unpaired) electrons. The van der Waals surface area contributed by atoms with Gasteiger partial charge in [-0.1, -0.05) is 19.9 Å². The third kappa shape index (κ3) is 10.5. The van der Waals surface area contributed by atoms with Crippen LogP contribution in [0.5, 0.6) is 11.5 Å². The summed E-state index contributed by atoms with van der Waals surface area (Å²) in [6.45, 7) is 22.3. The van der Waals surface area contributed by atoms with Crippen molar-refractivity contribution in [2.24, 2.45) is 17.3 Å². The van der Waals surface area contributed by atoms with Gasteiger partial charge in [-0.2, -0.15) is 0 Å². The van der Waals surface area contributed by atoms with Gasteiger partial charge in [-0.15, -0.1) is 0 Å². The minimum atomic E-state index is -1.33. The van der Waals surface area contributed by atoms with Gasteiger partial charge < -0.3 is 48.3 Å². The van der Waals surface area contributed by atoms with E-state index in [1.54, 1.807) is 74.4 Å². The van der Waals surface area contributed by atoms with Crippen LogP contribution in [0.2, 0.25) is 6.32 Å². The molecule has 2 saturated heterocycles. The fourth-order valence-electron chi connectivity index (χ4n) is 8.27. The number of aliphatic carboxylic acids is 1. The van der Waals surface area contributed by atoms with E-state index in [2.05, 4.69) is 26.1 Å². The number of ether oxygens (including phenoxy) is 5. The molecule has 6 rings (SSSR count). The van der Waals surface area contributed by atoms with Crippen molar-refractivity contribution in [3.8, 4) is 11.5 Å². The highest BCUT2D eigenvalue weighted by atomic mass is 16.7. The molecular formula is C41H61BN2O13. The first-order valence-electron chi connectivity index (χ1n) is 20.0. The summed E-state index contributed by atoms with van der Waals surface area (Å²) in [6, 6.07) is 2.01.